The number of benzene rings is 2. The standard InChI is InChI=1S/C26H33N3O6S2/c1-17-12-18(2)16-28(15-17)37(31,32)20-8-6-19(7-9-20)25(30)27-26-29(10-11-33-3)21-13-22(34-4)23(35-5)14-24(21)36-26/h6-9,13-14,17-18H,10-12,15-16H2,1-5H3. The van der Waals surface area contributed by atoms with Crippen LogP contribution in [0.5, 0.6) is 11.5 Å². The topological polar surface area (TPSA) is 99.4 Å². The summed E-state index contributed by atoms with van der Waals surface area (Å²) < 4.78 is 46.8. The average Bonchev–Trinajstić information content (AvgIpc) is 3.21. The number of rotatable bonds is 8. The molecule has 11 heteroatoms. The molecular formula is C26H33N3O6S2. The van der Waals surface area contributed by atoms with E-state index in [4.69, 9.17) is 14.2 Å². The van der Waals surface area contributed by atoms with Crippen LogP contribution in [0.2, 0.25) is 0 Å². The van der Waals surface area contributed by atoms with Crippen molar-refractivity contribution < 1.29 is 27.4 Å². The van der Waals surface area contributed by atoms with Gasteiger partial charge in [-0.1, -0.05) is 25.2 Å². The zero-order chi connectivity index (χ0) is 26.7. The molecule has 2 aromatic carbocycles. The lowest BCUT2D eigenvalue weighted by molar-refractivity contribution is 0.0997. The molecule has 1 amide bonds. The van der Waals surface area contributed by atoms with Gasteiger partial charge in [0.2, 0.25) is 10.0 Å². The number of carbonyl (C=O) groups is 1. The minimum atomic E-state index is -3.63. The molecule has 1 aromatic heterocycles. The molecule has 0 radical (unpaired) electrons. The number of aromatic nitrogens is 1. The molecule has 1 aliphatic heterocycles. The molecule has 1 fully saturated rings. The monoisotopic (exact) mass is 547 g/mol. The largest absolute Gasteiger partial charge is 0.493 e. The summed E-state index contributed by atoms with van der Waals surface area (Å²) >= 11 is 1.35. The molecule has 200 valence electrons. The molecule has 2 heterocycles. The smallest absolute Gasteiger partial charge is 0.279 e. The number of hydrogen-bond donors (Lipinski definition) is 0. The van der Waals surface area contributed by atoms with Crippen LogP contribution in [0.1, 0.15) is 30.6 Å². The molecule has 2 unspecified atom stereocenters. The Morgan fingerprint density at radius 3 is 2.24 bits per heavy atom. The van der Waals surface area contributed by atoms with Gasteiger partial charge in [-0.25, -0.2) is 8.42 Å². The highest BCUT2D eigenvalue weighted by Gasteiger charge is 2.31. The van der Waals surface area contributed by atoms with Crippen molar-refractivity contribution in [2.45, 2.75) is 31.7 Å². The summed E-state index contributed by atoms with van der Waals surface area (Å²) in [5, 5.41) is 0. The quantitative estimate of drug-likeness (QED) is 0.426. The van der Waals surface area contributed by atoms with Gasteiger partial charge in [0.1, 0.15) is 0 Å². The molecule has 37 heavy (non-hydrogen) atoms. The number of fused-ring (bicyclic) bond motifs is 1. The van der Waals surface area contributed by atoms with Crippen LogP contribution in [0.3, 0.4) is 0 Å². The zero-order valence-electron chi connectivity index (χ0n) is 21.8. The van der Waals surface area contributed by atoms with Gasteiger partial charge in [0.15, 0.2) is 16.3 Å². The molecule has 1 saturated heterocycles. The lowest BCUT2D eigenvalue weighted by Gasteiger charge is -2.34. The van der Waals surface area contributed by atoms with Crippen LogP contribution in [-0.4, -0.2) is 64.2 Å². The highest BCUT2D eigenvalue weighted by atomic mass is 32.2. The first-order chi connectivity index (χ1) is 17.7. The van der Waals surface area contributed by atoms with E-state index >= 15 is 0 Å². The first-order valence-electron chi connectivity index (χ1n) is 12.1. The van der Waals surface area contributed by atoms with Gasteiger partial charge in [-0.2, -0.15) is 9.30 Å². The highest BCUT2D eigenvalue weighted by molar-refractivity contribution is 7.89. The SMILES string of the molecule is COCCn1c(=NC(=O)c2ccc(S(=O)(=O)N3CC(C)CC(C)C3)cc2)sc2cc(OC)c(OC)cc21. The second-order valence-electron chi connectivity index (χ2n) is 9.41. The van der Waals surface area contributed by atoms with Crippen LogP contribution in [-0.2, 0) is 21.3 Å². The van der Waals surface area contributed by atoms with Crippen molar-refractivity contribution in [2.75, 3.05) is 41.0 Å². The molecule has 0 saturated carbocycles. The van der Waals surface area contributed by atoms with Crippen LogP contribution in [0.4, 0.5) is 0 Å². The van der Waals surface area contributed by atoms with Crippen molar-refractivity contribution in [1.29, 1.82) is 0 Å². The van der Waals surface area contributed by atoms with Crippen LogP contribution in [0.25, 0.3) is 10.2 Å². The Bertz CT molecular complexity index is 1430. The summed E-state index contributed by atoms with van der Waals surface area (Å²) in [7, 11) is 1.13. The van der Waals surface area contributed by atoms with Crippen LogP contribution >= 0.6 is 11.3 Å². The Balaban J connectivity index is 1.67. The molecule has 3 aromatic rings. The van der Waals surface area contributed by atoms with E-state index in [1.807, 2.05) is 16.7 Å². The van der Waals surface area contributed by atoms with Crippen molar-refractivity contribution in [3.63, 3.8) is 0 Å². The van der Waals surface area contributed by atoms with E-state index in [9.17, 15) is 13.2 Å². The maximum absolute atomic E-state index is 13.2. The molecule has 4 rings (SSSR count). The minimum absolute atomic E-state index is 0.182. The summed E-state index contributed by atoms with van der Waals surface area (Å²) in [5.74, 6) is 1.32. The van der Waals surface area contributed by atoms with E-state index in [2.05, 4.69) is 18.8 Å². The molecule has 2 atom stereocenters. The molecular weight excluding hydrogens is 514 g/mol. The number of amides is 1. The average molecular weight is 548 g/mol. The van der Waals surface area contributed by atoms with Crippen molar-refractivity contribution in [1.82, 2.24) is 8.87 Å². The number of thiazole rings is 1. The van der Waals surface area contributed by atoms with Crippen molar-refractivity contribution >= 4 is 37.5 Å². The van der Waals surface area contributed by atoms with Crippen LogP contribution in [0.15, 0.2) is 46.3 Å². The predicted octanol–water partition coefficient (Wildman–Crippen LogP) is 3.77. The number of carbonyl (C=O) groups excluding carboxylic acids is 1. The molecule has 9 nitrogen and oxygen atoms in total. The number of ether oxygens (including phenoxy) is 3. The molecule has 0 bridgehead atoms. The third-order valence-corrected chi connectivity index (χ3v) is 9.37. The second-order valence-corrected chi connectivity index (χ2v) is 12.4. The van der Waals surface area contributed by atoms with E-state index < -0.39 is 15.9 Å². The van der Waals surface area contributed by atoms with E-state index in [0.717, 1.165) is 16.6 Å². The Hall–Kier alpha value is -2.73. The Morgan fingerprint density at radius 2 is 1.65 bits per heavy atom. The number of sulfonamides is 1. The van der Waals surface area contributed by atoms with Gasteiger partial charge >= 0.3 is 0 Å². The van der Waals surface area contributed by atoms with E-state index in [0.29, 0.717) is 59.9 Å². The van der Waals surface area contributed by atoms with E-state index in [1.54, 1.807) is 25.6 Å². The van der Waals surface area contributed by atoms with Gasteiger partial charge < -0.3 is 18.8 Å². The van der Waals surface area contributed by atoms with Gasteiger partial charge in [0, 0.05) is 44.4 Å². The van der Waals surface area contributed by atoms with Crippen LogP contribution < -0.4 is 14.3 Å². The minimum Gasteiger partial charge on any atom is -0.493 e. The summed E-state index contributed by atoms with van der Waals surface area (Å²) in [6, 6.07) is 9.73. The van der Waals surface area contributed by atoms with Gasteiger partial charge in [-0.05, 0) is 42.5 Å². The predicted molar refractivity (Wildman–Crippen MR) is 143 cm³/mol. The fourth-order valence-electron chi connectivity index (χ4n) is 4.75. The van der Waals surface area contributed by atoms with Crippen LogP contribution in [0, 0.1) is 11.8 Å². The van der Waals surface area contributed by atoms with Gasteiger partial charge in [-0.3, -0.25) is 4.79 Å². The molecule has 0 aliphatic carbocycles. The number of hydrogen-bond acceptors (Lipinski definition) is 7. The Morgan fingerprint density at radius 1 is 1.03 bits per heavy atom. The van der Waals surface area contributed by atoms with E-state index in [1.165, 1.54) is 35.6 Å². The van der Waals surface area contributed by atoms with Gasteiger partial charge in [0.05, 0.1) is 35.9 Å². The molecule has 0 spiro atoms. The molecule has 0 N–H and O–H groups in total. The normalized spacial score (nSPS) is 19.3. The summed E-state index contributed by atoms with van der Waals surface area (Å²) in [4.78, 5) is 18.2. The number of piperidine rings is 1. The number of nitrogens with zero attached hydrogens (tertiary/aromatic N) is 3. The third-order valence-electron chi connectivity index (χ3n) is 6.48. The van der Waals surface area contributed by atoms with Crippen molar-refractivity contribution in [3.05, 3.63) is 46.8 Å². The Kier molecular flexibility index (Phi) is 8.37. The third kappa shape index (κ3) is 5.74. The zero-order valence-corrected chi connectivity index (χ0v) is 23.4. The second kappa shape index (κ2) is 11.3. The first kappa shape index (κ1) is 27.3. The lowest BCUT2D eigenvalue weighted by Crippen LogP contribution is -2.42. The van der Waals surface area contributed by atoms with Gasteiger partial charge in [0.25, 0.3) is 5.91 Å². The van der Waals surface area contributed by atoms with E-state index in [-0.39, 0.29) is 4.90 Å². The Labute approximate surface area is 221 Å². The lowest BCUT2D eigenvalue weighted by atomic mass is 9.94. The van der Waals surface area contributed by atoms with Gasteiger partial charge in [-0.15, -0.1) is 0 Å². The summed E-state index contributed by atoms with van der Waals surface area (Å²) in [6.07, 6.45) is 1.02. The van der Waals surface area contributed by atoms with Crippen molar-refractivity contribution in [3.8, 4) is 11.5 Å². The summed E-state index contributed by atoms with van der Waals surface area (Å²) in [5.41, 5.74) is 1.16. The fourth-order valence-corrected chi connectivity index (χ4v) is 7.50. The highest BCUT2D eigenvalue weighted by Crippen LogP contribution is 2.33. The first-order valence-corrected chi connectivity index (χ1v) is 14.4. The fraction of sp³-hybridized carbons (Fsp3) is 0.462. The maximum atomic E-state index is 13.2. The molecule has 1 aliphatic rings. The maximum Gasteiger partial charge on any atom is 0.279 e. The summed E-state index contributed by atoms with van der Waals surface area (Å²) in [6.45, 7) is 6.07. The van der Waals surface area contributed by atoms with Crippen molar-refractivity contribution in [2.24, 2.45) is 16.8 Å². The number of methoxy groups -OCH3 is 3.